The van der Waals surface area contributed by atoms with Crippen LogP contribution in [0, 0.1) is 0 Å². The number of rotatable bonds is 6. The molecule has 3 aromatic carbocycles. The number of para-hydroxylation sites is 1. The molecule has 0 saturated carbocycles. The second-order valence-electron chi connectivity index (χ2n) is 7.40. The highest BCUT2D eigenvalue weighted by molar-refractivity contribution is 7.92. The van der Waals surface area contributed by atoms with Gasteiger partial charge < -0.3 is 4.57 Å². The molecule has 9 heteroatoms. The Morgan fingerprint density at radius 3 is 2.42 bits per heavy atom. The van der Waals surface area contributed by atoms with Gasteiger partial charge in [-0.3, -0.25) is 9.10 Å². The molecule has 0 aliphatic rings. The van der Waals surface area contributed by atoms with E-state index in [4.69, 9.17) is 11.6 Å². The van der Waals surface area contributed by atoms with Gasteiger partial charge in [0.05, 0.1) is 20.8 Å². The van der Waals surface area contributed by atoms with Crippen molar-refractivity contribution in [3.63, 3.8) is 0 Å². The van der Waals surface area contributed by atoms with Gasteiger partial charge in [0.1, 0.15) is 0 Å². The number of carbonyl (C=O) groups excluding carboxylic acids is 1. The van der Waals surface area contributed by atoms with Crippen LogP contribution in [0.25, 0.3) is 10.2 Å². The van der Waals surface area contributed by atoms with E-state index in [0.717, 1.165) is 23.2 Å². The van der Waals surface area contributed by atoms with Crippen molar-refractivity contribution in [1.29, 1.82) is 0 Å². The molecule has 6 nitrogen and oxygen atoms in total. The van der Waals surface area contributed by atoms with Crippen molar-refractivity contribution < 1.29 is 13.2 Å². The van der Waals surface area contributed by atoms with Gasteiger partial charge in [0, 0.05) is 24.2 Å². The summed E-state index contributed by atoms with van der Waals surface area (Å²) in [5.74, 6) is -0.433. The number of benzene rings is 3. The second-order valence-corrected chi connectivity index (χ2v) is 10.8. The van der Waals surface area contributed by atoms with Gasteiger partial charge in [-0.2, -0.15) is 4.99 Å². The van der Waals surface area contributed by atoms with Crippen LogP contribution in [0.15, 0.2) is 82.7 Å². The molecule has 1 amide bonds. The summed E-state index contributed by atoms with van der Waals surface area (Å²) in [6, 6.07) is 20.3. The first-order valence-electron chi connectivity index (χ1n) is 10.3. The molecular weight excluding hydrogens is 478 g/mol. The lowest BCUT2D eigenvalue weighted by Crippen LogP contribution is -2.26. The highest BCUT2D eigenvalue weighted by Gasteiger charge is 2.21. The van der Waals surface area contributed by atoms with E-state index in [9.17, 15) is 13.2 Å². The Morgan fingerprint density at radius 1 is 1.06 bits per heavy atom. The van der Waals surface area contributed by atoms with E-state index < -0.39 is 15.9 Å². The summed E-state index contributed by atoms with van der Waals surface area (Å²) in [5.41, 5.74) is 1.84. The molecule has 0 saturated heterocycles. The molecule has 1 aromatic heterocycles. The number of thiazole rings is 1. The van der Waals surface area contributed by atoms with Crippen molar-refractivity contribution in [1.82, 2.24) is 4.57 Å². The van der Waals surface area contributed by atoms with Gasteiger partial charge in [-0.25, -0.2) is 8.42 Å². The summed E-state index contributed by atoms with van der Waals surface area (Å²) in [6.45, 7) is 2.78. The van der Waals surface area contributed by atoms with Crippen LogP contribution in [-0.2, 0) is 16.6 Å². The van der Waals surface area contributed by atoms with E-state index in [1.165, 1.54) is 47.0 Å². The first kappa shape index (κ1) is 23.2. The van der Waals surface area contributed by atoms with Crippen LogP contribution in [0.1, 0.15) is 23.7 Å². The van der Waals surface area contributed by atoms with E-state index in [1.54, 1.807) is 24.3 Å². The summed E-state index contributed by atoms with van der Waals surface area (Å²) in [4.78, 5) is 17.9. The number of carbonyl (C=O) groups is 1. The number of nitrogens with zero attached hydrogens (tertiary/aromatic N) is 3. The number of sulfonamides is 1. The molecular formula is C24H22ClN3O3S2. The van der Waals surface area contributed by atoms with Gasteiger partial charge >= 0.3 is 0 Å². The molecule has 4 rings (SSSR count). The van der Waals surface area contributed by atoms with Crippen LogP contribution < -0.4 is 9.11 Å². The lowest BCUT2D eigenvalue weighted by atomic mass is 10.2. The van der Waals surface area contributed by atoms with Gasteiger partial charge in [-0.15, -0.1) is 0 Å². The monoisotopic (exact) mass is 499 g/mol. The molecule has 0 N–H and O–H groups in total. The quantitative estimate of drug-likeness (QED) is 0.360. The Hall–Kier alpha value is -2.94. The first-order valence-corrected chi connectivity index (χ1v) is 13.0. The number of anilines is 1. The Morgan fingerprint density at radius 2 is 1.76 bits per heavy atom. The molecule has 0 unspecified atom stereocenters. The lowest BCUT2D eigenvalue weighted by molar-refractivity contribution is 0.0997. The minimum absolute atomic E-state index is 0.1000. The zero-order valence-corrected chi connectivity index (χ0v) is 20.5. The van der Waals surface area contributed by atoms with Crippen LogP contribution in [0.2, 0.25) is 5.02 Å². The number of fused-ring (bicyclic) bond motifs is 1. The van der Waals surface area contributed by atoms with E-state index in [1.807, 2.05) is 28.8 Å². The van der Waals surface area contributed by atoms with Gasteiger partial charge in [-0.05, 0) is 61.0 Å². The third-order valence-electron chi connectivity index (χ3n) is 5.17. The SMILES string of the molecule is CCCn1c(=NC(=O)c2ccc(S(=O)(=O)N(C)c3ccccc3)cc2)sc2cc(Cl)ccc21. The lowest BCUT2D eigenvalue weighted by Gasteiger charge is -2.19. The van der Waals surface area contributed by atoms with E-state index >= 15 is 0 Å². The third kappa shape index (κ3) is 4.73. The maximum absolute atomic E-state index is 13.0. The second kappa shape index (κ2) is 9.51. The molecule has 0 radical (unpaired) electrons. The molecule has 170 valence electrons. The van der Waals surface area contributed by atoms with Crippen LogP contribution in [0.5, 0.6) is 0 Å². The average Bonchev–Trinajstić information content (AvgIpc) is 3.15. The van der Waals surface area contributed by atoms with Crippen LogP contribution in [0.3, 0.4) is 0 Å². The fourth-order valence-corrected chi connectivity index (χ4v) is 5.95. The summed E-state index contributed by atoms with van der Waals surface area (Å²) in [6.07, 6.45) is 0.886. The van der Waals surface area contributed by atoms with Crippen molar-refractivity contribution in [2.24, 2.45) is 4.99 Å². The predicted molar refractivity (Wildman–Crippen MR) is 133 cm³/mol. The van der Waals surface area contributed by atoms with Crippen LogP contribution in [0.4, 0.5) is 5.69 Å². The van der Waals surface area contributed by atoms with Crippen molar-refractivity contribution in [3.05, 3.63) is 88.2 Å². The average molecular weight is 500 g/mol. The van der Waals surface area contributed by atoms with Crippen molar-refractivity contribution in [2.75, 3.05) is 11.4 Å². The summed E-state index contributed by atoms with van der Waals surface area (Å²) in [5, 5.41) is 0.627. The minimum Gasteiger partial charge on any atom is -0.316 e. The number of aryl methyl sites for hydroxylation is 1. The fraction of sp³-hybridized carbons (Fsp3) is 0.167. The molecule has 33 heavy (non-hydrogen) atoms. The van der Waals surface area contributed by atoms with Crippen LogP contribution in [-0.4, -0.2) is 25.9 Å². The normalized spacial score (nSPS) is 12.3. The molecule has 1 heterocycles. The number of hydrogen-bond acceptors (Lipinski definition) is 4. The summed E-state index contributed by atoms with van der Waals surface area (Å²) >= 11 is 7.52. The maximum Gasteiger partial charge on any atom is 0.279 e. The van der Waals surface area contributed by atoms with Crippen molar-refractivity contribution in [3.8, 4) is 0 Å². The molecule has 0 bridgehead atoms. The molecule has 0 fully saturated rings. The zero-order valence-electron chi connectivity index (χ0n) is 18.1. The van der Waals surface area contributed by atoms with E-state index in [2.05, 4.69) is 11.9 Å². The smallest absolute Gasteiger partial charge is 0.279 e. The van der Waals surface area contributed by atoms with E-state index in [-0.39, 0.29) is 4.90 Å². The Kier molecular flexibility index (Phi) is 6.69. The first-order chi connectivity index (χ1) is 15.8. The van der Waals surface area contributed by atoms with Gasteiger partial charge in [-0.1, -0.05) is 48.1 Å². The number of hydrogen-bond donors (Lipinski definition) is 0. The molecule has 0 spiro atoms. The predicted octanol–water partition coefficient (Wildman–Crippen LogP) is 5.33. The molecule has 0 aliphatic heterocycles. The third-order valence-corrected chi connectivity index (χ3v) is 8.24. The highest BCUT2D eigenvalue weighted by Crippen LogP contribution is 2.23. The van der Waals surface area contributed by atoms with Crippen LogP contribution >= 0.6 is 22.9 Å². The summed E-state index contributed by atoms with van der Waals surface area (Å²) in [7, 11) is -2.25. The Bertz CT molecular complexity index is 1480. The molecule has 4 aromatic rings. The van der Waals surface area contributed by atoms with Gasteiger partial charge in [0.15, 0.2) is 4.80 Å². The van der Waals surface area contributed by atoms with Crippen molar-refractivity contribution in [2.45, 2.75) is 24.8 Å². The van der Waals surface area contributed by atoms with Gasteiger partial charge in [0.25, 0.3) is 15.9 Å². The standard InChI is InChI=1S/C24H22ClN3O3S2/c1-3-15-28-21-14-11-18(25)16-22(21)32-24(28)26-23(29)17-9-12-20(13-10-17)33(30,31)27(2)19-7-5-4-6-8-19/h4-14,16H,3,15H2,1-2H3. The minimum atomic E-state index is -3.75. The zero-order chi connectivity index (χ0) is 23.6. The fourth-order valence-electron chi connectivity index (χ4n) is 3.43. The Balaban J connectivity index is 1.66. The largest absolute Gasteiger partial charge is 0.316 e. The number of halogens is 1. The van der Waals surface area contributed by atoms with Gasteiger partial charge in [0.2, 0.25) is 0 Å². The Labute approximate surface area is 201 Å². The summed E-state index contributed by atoms with van der Waals surface area (Å²) < 4.78 is 30.1. The van der Waals surface area contributed by atoms with Crippen molar-refractivity contribution >= 4 is 54.8 Å². The molecule has 0 aliphatic carbocycles. The number of amides is 1. The molecule has 0 atom stereocenters. The maximum atomic E-state index is 13.0. The topological polar surface area (TPSA) is 71.7 Å². The van der Waals surface area contributed by atoms with E-state index in [0.29, 0.717) is 21.1 Å². The highest BCUT2D eigenvalue weighted by atomic mass is 35.5. The number of aromatic nitrogens is 1.